The molecule has 2 aromatic carbocycles. The van der Waals surface area contributed by atoms with Crippen LogP contribution in [0, 0.1) is 20.8 Å². The molecule has 0 bridgehead atoms. The molecule has 5 rings (SSSR count). The smallest absolute Gasteiger partial charge is 0.256 e. The Bertz CT molecular complexity index is 1340. The predicted octanol–water partition coefficient (Wildman–Crippen LogP) is 4.01. The minimum atomic E-state index is -0.0298. The van der Waals surface area contributed by atoms with Crippen molar-refractivity contribution in [1.29, 1.82) is 0 Å². The lowest BCUT2D eigenvalue weighted by Crippen LogP contribution is -2.29. The van der Waals surface area contributed by atoms with E-state index >= 15 is 0 Å². The highest BCUT2D eigenvalue weighted by Crippen LogP contribution is 2.31. The lowest BCUT2D eigenvalue weighted by atomic mass is 10.1. The molecule has 8 nitrogen and oxygen atoms in total. The van der Waals surface area contributed by atoms with Crippen LogP contribution in [-0.4, -0.2) is 37.6 Å². The normalized spacial score (nSPS) is 13.0. The van der Waals surface area contributed by atoms with E-state index in [0.717, 1.165) is 33.8 Å². The van der Waals surface area contributed by atoms with Crippen LogP contribution < -0.4 is 4.74 Å². The number of hydrogen-bond donors (Lipinski definition) is 0. The molecule has 1 aliphatic heterocycles. The van der Waals surface area contributed by atoms with Crippen molar-refractivity contribution >= 4 is 5.91 Å². The van der Waals surface area contributed by atoms with Crippen molar-refractivity contribution in [2.45, 2.75) is 33.9 Å². The van der Waals surface area contributed by atoms with E-state index in [4.69, 9.17) is 9.26 Å². The number of nitrogens with zero attached hydrogens (tertiary/aromatic N) is 5. The average Bonchev–Trinajstić information content (AvgIpc) is 3.37. The van der Waals surface area contributed by atoms with Gasteiger partial charge >= 0.3 is 0 Å². The van der Waals surface area contributed by atoms with Crippen LogP contribution in [0.3, 0.4) is 0 Å². The molecule has 0 radical (unpaired) electrons. The maximum atomic E-state index is 13.7. The van der Waals surface area contributed by atoms with Crippen molar-refractivity contribution in [2.75, 3.05) is 7.11 Å². The van der Waals surface area contributed by atoms with Crippen molar-refractivity contribution in [3.63, 3.8) is 0 Å². The Morgan fingerprint density at radius 2 is 1.97 bits per heavy atom. The van der Waals surface area contributed by atoms with Crippen molar-refractivity contribution in [1.82, 2.24) is 24.6 Å². The van der Waals surface area contributed by atoms with Gasteiger partial charge in [0.15, 0.2) is 0 Å². The summed E-state index contributed by atoms with van der Waals surface area (Å²) in [6.45, 7) is 6.57. The summed E-state index contributed by atoms with van der Waals surface area (Å²) in [4.78, 5) is 24.4. The summed E-state index contributed by atoms with van der Waals surface area (Å²) in [5.74, 6) is 1.65. The first-order chi connectivity index (χ1) is 15.4. The van der Waals surface area contributed by atoms with Gasteiger partial charge in [-0.2, -0.15) is 4.98 Å². The monoisotopic (exact) mass is 429 g/mol. The molecule has 4 aromatic rings. The zero-order chi connectivity index (χ0) is 22.4. The number of fused-ring (bicyclic) bond motifs is 3. The van der Waals surface area contributed by atoms with E-state index in [9.17, 15) is 4.79 Å². The summed E-state index contributed by atoms with van der Waals surface area (Å²) in [5.41, 5.74) is 6.03. The number of methoxy groups -OCH3 is 1. The molecule has 0 aliphatic carbocycles. The molecule has 32 heavy (non-hydrogen) atoms. The standard InChI is InChI=1S/C24H23N5O3/c1-14-5-8-20-19(9-14)24(30)28(11-17-6-7-18(31-4)10-15(17)2)12-21-22(25-13-29(20)21)23-26-16(3)32-27-23/h5-10,13H,11-12H2,1-4H3. The maximum absolute atomic E-state index is 13.7. The molecular formula is C24H23N5O3. The molecule has 3 heterocycles. The van der Waals surface area contributed by atoms with Crippen LogP contribution in [0.4, 0.5) is 0 Å². The first-order valence-corrected chi connectivity index (χ1v) is 10.4. The topological polar surface area (TPSA) is 86.3 Å². The van der Waals surface area contributed by atoms with Gasteiger partial charge in [-0.3, -0.25) is 9.36 Å². The number of carbonyl (C=O) groups is 1. The van der Waals surface area contributed by atoms with Crippen LogP contribution in [0.1, 0.15) is 38.6 Å². The van der Waals surface area contributed by atoms with E-state index in [0.29, 0.717) is 36.1 Å². The van der Waals surface area contributed by atoms with Crippen molar-refractivity contribution in [3.8, 4) is 23.0 Å². The van der Waals surface area contributed by atoms with Crippen molar-refractivity contribution < 1.29 is 14.1 Å². The Balaban J connectivity index is 1.63. The van der Waals surface area contributed by atoms with Crippen LogP contribution >= 0.6 is 0 Å². The molecule has 1 amide bonds. The fourth-order valence-electron chi connectivity index (χ4n) is 4.07. The lowest BCUT2D eigenvalue weighted by Gasteiger charge is -2.22. The van der Waals surface area contributed by atoms with Gasteiger partial charge in [0.2, 0.25) is 11.7 Å². The number of imidazole rings is 1. The molecule has 0 saturated heterocycles. The summed E-state index contributed by atoms with van der Waals surface area (Å²) in [6.07, 6.45) is 1.72. The summed E-state index contributed by atoms with van der Waals surface area (Å²) in [7, 11) is 1.65. The van der Waals surface area contributed by atoms with E-state index < -0.39 is 0 Å². The first kappa shape index (κ1) is 20.0. The lowest BCUT2D eigenvalue weighted by molar-refractivity contribution is 0.0733. The summed E-state index contributed by atoms with van der Waals surface area (Å²) < 4.78 is 12.5. The summed E-state index contributed by atoms with van der Waals surface area (Å²) >= 11 is 0. The highest BCUT2D eigenvalue weighted by atomic mass is 16.5. The fraction of sp³-hybridized carbons (Fsp3) is 0.250. The van der Waals surface area contributed by atoms with E-state index in [1.54, 1.807) is 20.4 Å². The van der Waals surface area contributed by atoms with Gasteiger partial charge in [-0.25, -0.2) is 4.98 Å². The Labute approximate surface area is 185 Å². The summed E-state index contributed by atoms with van der Waals surface area (Å²) in [6, 6.07) is 11.8. The SMILES string of the molecule is COc1ccc(CN2Cc3c(-c4noc(C)n4)ncn3-c3ccc(C)cc3C2=O)c(C)c1. The van der Waals surface area contributed by atoms with Gasteiger partial charge in [-0.15, -0.1) is 0 Å². The average molecular weight is 429 g/mol. The number of benzene rings is 2. The quantitative estimate of drug-likeness (QED) is 0.487. The van der Waals surface area contributed by atoms with Gasteiger partial charge in [0.25, 0.3) is 5.91 Å². The molecular weight excluding hydrogens is 406 g/mol. The van der Waals surface area contributed by atoms with Crippen LogP contribution in [0.2, 0.25) is 0 Å². The Morgan fingerprint density at radius 3 is 2.69 bits per heavy atom. The molecule has 2 aromatic heterocycles. The van der Waals surface area contributed by atoms with E-state index in [-0.39, 0.29) is 5.91 Å². The zero-order valence-corrected chi connectivity index (χ0v) is 18.4. The number of ether oxygens (including phenoxy) is 1. The molecule has 162 valence electrons. The molecule has 1 aliphatic rings. The molecule has 0 spiro atoms. The molecule has 0 saturated carbocycles. The second kappa shape index (κ2) is 7.64. The van der Waals surface area contributed by atoms with Crippen LogP contribution in [-0.2, 0) is 13.1 Å². The highest BCUT2D eigenvalue weighted by Gasteiger charge is 2.30. The van der Waals surface area contributed by atoms with Crippen molar-refractivity contribution in [2.24, 2.45) is 0 Å². The minimum Gasteiger partial charge on any atom is -0.497 e. The zero-order valence-electron chi connectivity index (χ0n) is 18.4. The molecule has 0 N–H and O–H groups in total. The number of rotatable bonds is 4. The van der Waals surface area contributed by atoms with Gasteiger partial charge in [0.1, 0.15) is 17.8 Å². The van der Waals surface area contributed by atoms with Crippen LogP contribution in [0.5, 0.6) is 5.75 Å². The number of amides is 1. The Kier molecular flexibility index (Phi) is 4.77. The van der Waals surface area contributed by atoms with Gasteiger partial charge in [-0.05, 0) is 49.2 Å². The maximum Gasteiger partial charge on any atom is 0.256 e. The Hall–Kier alpha value is -3.94. The third-order valence-electron chi connectivity index (χ3n) is 5.79. The van der Waals surface area contributed by atoms with Gasteiger partial charge in [-0.1, -0.05) is 22.9 Å². The van der Waals surface area contributed by atoms with E-state index in [1.807, 2.05) is 59.7 Å². The Morgan fingerprint density at radius 1 is 1.12 bits per heavy atom. The molecule has 0 unspecified atom stereocenters. The number of hydrogen-bond acceptors (Lipinski definition) is 6. The largest absolute Gasteiger partial charge is 0.497 e. The number of aromatic nitrogens is 4. The third-order valence-corrected chi connectivity index (χ3v) is 5.79. The first-order valence-electron chi connectivity index (χ1n) is 10.4. The molecule has 0 fully saturated rings. The van der Waals surface area contributed by atoms with Crippen molar-refractivity contribution in [3.05, 3.63) is 76.6 Å². The second-order valence-corrected chi connectivity index (χ2v) is 8.02. The molecule has 8 heteroatoms. The van der Waals surface area contributed by atoms with E-state index in [1.165, 1.54) is 0 Å². The van der Waals surface area contributed by atoms with Crippen LogP contribution in [0.25, 0.3) is 17.2 Å². The van der Waals surface area contributed by atoms with E-state index in [2.05, 4.69) is 15.1 Å². The van der Waals surface area contributed by atoms with Gasteiger partial charge in [0.05, 0.1) is 30.6 Å². The van der Waals surface area contributed by atoms with Gasteiger partial charge < -0.3 is 14.2 Å². The van der Waals surface area contributed by atoms with Gasteiger partial charge in [0, 0.05) is 13.5 Å². The second-order valence-electron chi connectivity index (χ2n) is 8.02. The number of carbonyl (C=O) groups excluding carboxylic acids is 1. The highest BCUT2D eigenvalue weighted by molar-refractivity contribution is 5.98. The summed E-state index contributed by atoms with van der Waals surface area (Å²) in [5, 5.41) is 4.05. The number of aryl methyl sites for hydroxylation is 3. The fourth-order valence-corrected chi connectivity index (χ4v) is 4.07. The third kappa shape index (κ3) is 3.33. The van der Waals surface area contributed by atoms with Crippen LogP contribution in [0.15, 0.2) is 47.2 Å². The minimum absolute atomic E-state index is 0.0298. The molecule has 0 atom stereocenters. The predicted molar refractivity (Wildman–Crippen MR) is 118 cm³/mol.